The Balaban J connectivity index is 2.73. The van der Waals surface area contributed by atoms with Gasteiger partial charge in [-0.25, -0.2) is 0 Å². The molecule has 0 unspecified atom stereocenters. The molecule has 1 atom stereocenters. The van der Waals surface area contributed by atoms with Crippen molar-refractivity contribution in [3.63, 3.8) is 0 Å². The highest BCUT2D eigenvalue weighted by Gasteiger charge is 2.14. The summed E-state index contributed by atoms with van der Waals surface area (Å²) in [6.07, 6.45) is -0.389. The molecule has 0 amide bonds. The van der Waals surface area contributed by atoms with Crippen molar-refractivity contribution in [2.24, 2.45) is 5.73 Å². The lowest BCUT2D eigenvalue weighted by Gasteiger charge is -2.04. The van der Waals surface area contributed by atoms with Crippen molar-refractivity contribution < 1.29 is 20.5 Å². The van der Waals surface area contributed by atoms with E-state index in [0.717, 1.165) is 0 Å². The number of nitrogens with two attached hydrogens (primary N) is 1. The van der Waals surface area contributed by atoms with Crippen LogP contribution in [-0.2, 0) is 11.2 Å². The minimum absolute atomic E-state index is 0.0513. The standard InChI is InChI=1S/C11H12N2O3/c12-9(11(15)16)3-6-5-13-10-2-1-7(14)4-8(6)10/h1-2,4-5,9,13-14H,3,12H2,(H,15,16)/t9-/m1/s1/i1D,2D,4D,5D. The Morgan fingerprint density at radius 1 is 1.62 bits per heavy atom. The topological polar surface area (TPSA) is 99.3 Å². The first-order chi connectivity index (χ1) is 9.25. The van der Waals surface area contributed by atoms with Gasteiger partial charge in [0.25, 0.3) is 0 Å². The van der Waals surface area contributed by atoms with Crippen LogP contribution in [0.1, 0.15) is 11.0 Å². The van der Waals surface area contributed by atoms with Crippen LogP contribution in [0.15, 0.2) is 24.3 Å². The van der Waals surface area contributed by atoms with Crippen molar-refractivity contribution in [1.82, 2.24) is 4.98 Å². The molecular weight excluding hydrogens is 208 g/mol. The zero-order valence-electron chi connectivity index (χ0n) is 12.2. The van der Waals surface area contributed by atoms with Crippen LogP contribution in [0, 0.1) is 0 Å². The number of benzene rings is 1. The Labute approximate surface area is 97.1 Å². The average molecular weight is 224 g/mol. The molecule has 1 heterocycles. The van der Waals surface area contributed by atoms with Crippen LogP contribution in [-0.4, -0.2) is 27.2 Å². The first kappa shape index (κ1) is 6.55. The number of nitrogens with one attached hydrogen (secondary N) is 1. The molecule has 5 nitrogen and oxygen atoms in total. The number of rotatable bonds is 3. The summed E-state index contributed by atoms with van der Waals surface area (Å²) in [4.78, 5) is 13.3. The van der Waals surface area contributed by atoms with Gasteiger partial charge in [-0.3, -0.25) is 4.79 Å². The third kappa shape index (κ3) is 1.85. The second-order valence-corrected chi connectivity index (χ2v) is 3.35. The van der Waals surface area contributed by atoms with Gasteiger partial charge in [0, 0.05) is 23.5 Å². The van der Waals surface area contributed by atoms with Crippen molar-refractivity contribution in [3.05, 3.63) is 29.9 Å². The summed E-state index contributed by atoms with van der Waals surface area (Å²) in [6.45, 7) is 0. The fourth-order valence-corrected chi connectivity index (χ4v) is 1.38. The van der Waals surface area contributed by atoms with E-state index in [4.69, 9.17) is 16.3 Å². The molecule has 16 heavy (non-hydrogen) atoms. The maximum Gasteiger partial charge on any atom is 0.320 e. The predicted octanol–water partition coefficient (Wildman–Crippen LogP) is 0.828. The maximum absolute atomic E-state index is 10.8. The van der Waals surface area contributed by atoms with Gasteiger partial charge in [0.05, 0.1) is 5.48 Å². The molecule has 0 saturated heterocycles. The Bertz CT molecular complexity index is 714. The number of phenols is 1. The van der Waals surface area contributed by atoms with Crippen molar-refractivity contribution in [2.75, 3.05) is 0 Å². The number of carbonyl (C=O) groups is 1. The van der Waals surface area contributed by atoms with Gasteiger partial charge < -0.3 is 20.9 Å². The van der Waals surface area contributed by atoms with Crippen LogP contribution in [0.25, 0.3) is 10.9 Å². The van der Waals surface area contributed by atoms with Crippen molar-refractivity contribution in [1.29, 1.82) is 0 Å². The number of aromatic amines is 1. The Hall–Kier alpha value is -2.01. The number of H-pyrrole nitrogens is 1. The molecule has 0 spiro atoms. The van der Waals surface area contributed by atoms with Gasteiger partial charge in [-0.2, -0.15) is 0 Å². The summed E-state index contributed by atoms with van der Waals surface area (Å²) in [5.41, 5.74) is 5.61. The molecule has 84 valence electrons. The number of hydrogen-bond acceptors (Lipinski definition) is 3. The Kier molecular flexibility index (Phi) is 1.58. The van der Waals surface area contributed by atoms with Gasteiger partial charge in [-0.05, 0) is 23.7 Å². The van der Waals surface area contributed by atoms with E-state index in [9.17, 15) is 9.90 Å². The third-order valence-electron chi connectivity index (χ3n) is 2.18. The fourth-order valence-electron chi connectivity index (χ4n) is 1.38. The van der Waals surface area contributed by atoms with Crippen LogP contribution < -0.4 is 5.73 Å². The largest absolute Gasteiger partial charge is 0.508 e. The van der Waals surface area contributed by atoms with Gasteiger partial charge in [0.1, 0.15) is 11.8 Å². The second-order valence-electron chi connectivity index (χ2n) is 3.35. The number of fused-ring (bicyclic) bond motifs is 1. The molecule has 0 aliphatic rings. The molecule has 2 rings (SSSR count). The number of carboxylic acid groups (broad SMARTS) is 1. The zero-order chi connectivity index (χ0) is 15.2. The molecular formula is C11H12N2O3. The second kappa shape index (κ2) is 3.86. The first-order valence-electron chi connectivity index (χ1n) is 6.54. The summed E-state index contributed by atoms with van der Waals surface area (Å²) in [6, 6.07) is -2.54. The molecule has 0 fully saturated rings. The molecule has 5 heteroatoms. The SMILES string of the molecule is [2H]c1[nH]c2c([2H])c([2H])c(O)c([2H])c2c1C[C@@H](N)C(=O)O. The lowest BCUT2D eigenvalue weighted by atomic mass is 10.1. The number of hydrogen-bond donors (Lipinski definition) is 4. The van der Waals surface area contributed by atoms with E-state index in [1.165, 1.54) is 0 Å². The lowest BCUT2D eigenvalue weighted by Crippen LogP contribution is -2.32. The molecule has 0 radical (unpaired) electrons. The molecule has 5 N–H and O–H groups in total. The van der Waals surface area contributed by atoms with Crippen molar-refractivity contribution in [2.45, 2.75) is 12.5 Å². The van der Waals surface area contributed by atoms with Gasteiger partial charge in [-0.1, -0.05) is 0 Å². The lowest BCUT2D eigenvalue weighted by molar-refractivity contribution is -0.138. The van der Waals surface area contributed by atoms with Gasteiger partial charge in [0.2, 0.25) is 0 Å². The minimum atomic E-state index is -1.26. The van der Waals surface area contributed by atoms with E-state index < -0.39 is 29.8 Å². The van der Waals surface area contributed by atoms with Crippen molar-refractivity contribution in [3.8, 4) is 5.75 Å². The molecule has 0 bridgehead atoms. The van der Waals surface area contributed by atoms with E-state index in [-0.39, 0.29) is 35.1 Å². The quantitative estimate of drug-likeness (QED) is 0.620. The number of phenolic OH excluding ortho intramolecular Hbond substituents is 1. The van der Waals surface area contributed by atoms with E-state index >= 15 is 0 Å². The van der Waals surface area contributed by atoms with E-state index in [1.54, 1.807) is 0 Å². The summed E-state index contributed by atoms with van der Waals surface area (Å²) in [7, 11) is 0. The fraction of sp³-hybridized carbons (Fsp3) is 0.182. The summed E-state index contributed by atoms with van der Waals surface area (Å²) in [5, 5.41) is 18.5. The molecule has 1 aromatic carbocycles. The number of aliphatic carboxylic acids is 1. The van der Waals surface area contributed by atoms with Gasteiger partial charge in [0.15, 0.2) is 0 Å². The van der Waals surface area contributed by atoms with Crippen LogP contribution >= 0.6 is 0 Å². The monoisotopic (exact) mass is 224 g/mol. The highest BCUT2D eigenvalue weighted by Crippen LogP contribution is 2.23. The van der Waals surface area contributed by atoms with Crippen LogP contribution in [0.5, 0.6) is 5.75 Å². The number of aromatic hydroxyl groups is 1. The van der Waals surface area contributed by atoms with Gasteiger partial charge >= 0.3 is 5.97 Å². The van der Waals surface area contributed by atoms with Crippen molar-refractivity contribution >= 4 is 16.9 Å². The predicted molar refractivity (Wildman–Crippen MR) is 59.3 cm³/mol. The summed E-state index contributed by atoms with van der Waals surface area (Å²) >= 11 is 0. The zero-order valence-corrected chi connectivity index (χ0v) is 8.16. The molecule has 0 saturated carbocycles. The Morgan fingerprint density at radius 2 is 2.38 bits per heavy atom. The minimum Gasteiger partial charge on any atom is -0.508 e. The smallest absolute Gasteiger partial charge is 0.320 e. The molecule has 1 aromatic heterocycles. The summed E-state index contributed by atoms with van der Waals surface area (Å²) in [5.74, 6) is -1.93. The normalized spacial score (nSPS) is 16.3. The summed E-state index contributed by atoms with van der Waals surface area (Å²) < 4.78 is 30.7. The Morgan fingerprint density at radius 3 is 3.06 bits per heavy atom. The van der Waals surface area contributed by atoms with E-state index in [2.05, 4.69) is 4.98 Å². The average Bonchev–Trinajstić information content (AvgIpc) is 2.71. The molecule has 0 aliphatic heterocycles. The maximum atomic E-state index is 10.8. The van der Waals surface area contributed by atoms with Gasteiger partial charge in [-0.15, -0.1) is 0 Å². The van der Waals surface area contributed by atoms with Crippen LogP contribution in [0.3, 0.4) is 0 Å². The number of aromatic nitrogens is 1. The highest BCUT2D eigenvalue weighted by atomic mass is 16.4. The third-order valence-corrected chi connectivity index (χ3v) is 2.18. The number of carboxylic acids is 1. The molecule has 0 aliphatic carbocycles. The first-order valence-corrected chi connectivity index (χ1v) is 4.54. The van der Waals surface area contributed by atoms with E-state index in [1.807, 2.05) is 0 Å². The van der Waals surface area contributed by atoms with Crippen LogP contribution in [0.4, 0.5) is 0 Å². The van der Waals surface area contributed by atoms with Crippen LogP contribution in [0.2, 0.25) is 0 Å². The molecule has 2 aromatic rings. The van der Waals surface area contributed by atoms with E-state index in [0.29, 0.717) is 0 Å². The highest BCUT2D eigenvalue weighted by molar-refractivity contribution is 5.85.